The molecule has 1 atom stereocenters. The standard InChI is InChI=1S/C47H83O8P/c1-3-5-7-9-11-13-15-17-19-21-23-25-27-29-31-33-35-37-39-41-46(48)53-43-45(44-54-56(50,51)52)55-47(49)42-40-38-36-34-32-30-28-26-24-22-20-18-16-14-12-10-8-6-4-2/h6,8,12,14,17-20,24,26,45H,3-5,7,9-11,13,15-16,21-23,25,27-44H2,1-2H3,(H2,50,51,52)/b8-6-,14-12-,19-17-,20-18-,26-24-. The summed E-state index contributed by atoms with van der Waals surface area (Å²) in [6.07, 6.45) is 53.7. The Bertz CT molecular complexity index is 1090. The summed E-state index contributed by atoms with van der Waals surface area (Å²) in [5.74, 6) is -0.902. The second kappa shape index (κ2) is 42.4. The summed E-state index contributed by atoms with van der Waals surface area (Å²) in [5.41, 5.74) is 0. The molecule has 0 rings (SSSR count). The van der Waals surface area contributed by atoms with Crippen LogP contribution in [-0.2, 0) is 28.2 Å². The zero-order chi connectivity index (χ0) is 41.1. The van der Waals surface area contributed by atoms with Crippen LogP contribution in [0.1, 0.15) is 206 Å². The van der Waals surface area contributed by atoms with E-state index in [0.717, 1.165) is 89.9 Å². The van der Waals surface area contributed by atoms with Crippen molar-refractivity contribution >= 4 is 19.8 Å². The van der Waals surface area contributed by atoms with Crippen molar-refractivity contribution in [3.63, 3.8) is 0 Å². The van der Waals surface area contributed by atoms with Gasteiger partial charge in [0.15, 0.2) is 6.10 Å². The first-order valence-electron chi connectivity index (χ1n) is 22.6. The van der Waals surface area contributed by atoms with E-state index in [9.17, 15) is 14.2 Å². The van der Waals surface area contributed by atoms with Crippen LogP contribution in [0.4, 0.5) is 0 Å². The van der Waals surface area contributed by atoms with Gasteiger partial charge < -0.3 is 19.3 Å². The van der Waals surface area contributed by atoms with Gasteiger partial charge in [-0.3, -0.25) is 14.1 Å². The minimum Gasteiger partial charge on any atom is -0.462 e. The molecular formula is C47H83O8P. The molecule has 0 aliphatic rings. The largest absolute Gasteiger partial charge is 0.469 e. The zero-order valence-electron chi connectivity index (χ0n) is 35.8. The van der Waals surface area contributed by atoms with E-state index in [-0.39, 0.29) is 19.4 Å². The third-order valence-corrected chi connectivity index (χ3v) is 10.0. The molecule has 0 heterocycles. The van der Waals surface area contributed by atoms with E-state index in [4.69, 9.17) is 19.3 Å². The number of hydrogen-bond donors (Lipinski definition) is 2. The van der Waals surface area contributed by atoms with Crippen LogP contribution in [-0.4, -0.2) is 41.0 Å². The third-order valence-electron chi connectivity index (χ3n) is 9.52. The molecule has 0 fully saturated rings. The Hall–Kier alpha value is -2.25. The zero-order valence-corrected chi connectivity index (χ0v) is 36.7. The molecule has 56 heavy (non-hydrogen) atoms. The average molecular weight is 807 g/mol. The molecule has 2 N–H and O–H groups in total. The summed E-state index contributed by atoms with van der Waals surface area (Å²) in [4.78, 5) is 43.0. The lowest BCUT2D eigenvalue weighted by molar-refractivity contribution is -0.161. The SMILES string of the molecule is CC/C=C\C/C=C\C/C=C\C/C=C\CCCCCCCCC(=O)OC(COC(=O)CCCCCCCCCCC/C=C\CCCCCCCC)COP(=O)(O)O. The molecule has 324 valence electrons. The van der Waals surface area contributed by atoms with Crippen molar-refractivity contribution in [1.82, 2.24) is 0 Å². The van der Waals surface area contributed by atoms with Gasteiger partial charge >= 0.3 is 19.8 Å². The summed E-state index contributed by atoms with van der Waals surface area (Å²) in [6.45, 7) is 3.57. The van der Waals surface area contributed by atoms with E-state index in [1.807, 2.05) is 0 Å². The molecule has 9 heteroatoms. The van der Waals surface area contributed by atoms with E-state index < -0.39 is 32.5 Å². The van der Waals surface area contributed by atoms with E-state index >= 15 is 0 Å². The first-order valence-corrected chi connectivity index (χ1v) is 24.1. The number of allylic oxidation sites excluding steroid dienone is 10. The molecule has 0 aliphatic carbocycles. The van der Waals surface area contributed by atoms with Gasteiger partial charge in [-0.25, -0.2) is 4.57 Å². The fourth-order valence-electron chi connectivity index (χ4n) is 6.18. The van der Waals surface area contributed by atoms with Gasteiger partial charge in [-0.05, 0) is 77.0 Å². The van der Waals surface area contributed by atoms with Crippen molar-refractivity contribution in [2.75, 3.05) is 13.2 Å². The molecule has 0 aromatic rings. The van der Waals surface area contributed by atoms with Gasteiger partial charge in [0, 0.05) is 12.8 Å². The molecule has 0 aromatic carbocycles. The molecule has 0 saturated heterocycles. The van der Waals surface area contributed by atoms with Crippen LogP contribution in [0.5, 0.6) is 0 Å². The minimum atomic E-state index is -4.76. The molecule has 0 aromatic heterocycles. The molecule has 0 saturated carbocycles. The van der Waals surface area contributed by atoms with Gasteiger partial charge in [-0.15, -0.1) is 0 Å². The fourth-order valence-corrected chi connectivity index (χ4v) is 6.54. The number of phosphoric acid groups is 1. The van der Waals surface area contributed by atoms with Crippen molar-refractivity contribution in [1.29, 1.82) is 0 Å². The quantitative estimate of drug-likeness (QED) is 0.0271. The summed E-state index contributed by atoms with van der Waals surface area (Å²) in [6, 6.07) is 0. The number of phosphoric ester groups is 1. The van der Waals surface area contributed by atoms with Crippen LogP contribution in [0.15, 0.2) is 60.8 Å². The monoisotopic (exact) mass is 807 g/mol. The molecule has 1 unspecified atom stereocenters. The number of unbranched alkanes of at least 4 members (excludes halogenated alkanes) is 21. The molecule has 0 bridgehead atoms. The summed E-state index contributed by atoms with van der Waals surface area (Å²) < 4.78 is 26.4. The lowest BCUT2D eigenvalue weighted by Crippen LogP contribution is -2.29. The van der Waals surface area contributed by atoms with E-state index in [1.165, 1.54) is 83.5 Å². The lowest BCUT2D eigenvalue weighted by Gasteiger charge is -2.18. The van der Waals surface area contributed by atoms with Gasteiger partial charge in [-0.1, -0.05) is 177 Å². The van der Waals surface area contributed by atoms with Crippen molar-refractivity contribution in [3.05, 3.63) is 60.8 Å². The minimum absolute atomic E-state index is 0.193. The topological polar surface area (TPSA) is 119 Å². The van der Waals surface area contributed by atoms with Gasteiger partial charge in [0.25, 0.3) is 0 Å². The highest BCUT2D eigenvalue weighted by atomic mass is 31.2. The third kappa shape index (κ3) is 44.5. The Balaban J connectivity index is 3.91. The molecule has 0 amide bonds. The van der Waals surface area contributed by atoms with Crippen molar-refractivity contribution in [3.8, 4) is 0 Å². The average Bonchev–Trinajstić information content (AvgIpc) is 3.17. The smallest absolute Gasteiger partial charge is 0.462 e. The first-order chi connectivity index (χ1) is 27.3. The predicted molar refractivity (Wildman–Crippen MR) is 234 cm³/mol. The van der Waals surface area contributed by atoms with Crippen LogP contribution in [0, 0.1) is 0 Å². The fraction of sp³-hybridized carbons (Fsp3) is 0.745. The van der Waals surface area contributed by atoms with Crippen LogP contribution >= 0.6 is 7.82 Å². The maximum atomic E-state index is 12.4. The second-order valence-corrected chi connectivity index (χ2v) is 16.2. The molecular weight excluding hydrogens is 723 g/mol. The number of carbonyl (C=O) groups is 2. The Morgan fingerprint density at radius 2 is 0.857 bits per heavy atom. The number of esters is 2. The Kier molecular flexibility index (Phi) is 40.7. The number of rotatable bonds is 41. The Morgan fingerprint density at radius 1 is 0.482 bits per heavy atom. The van der Waals surface area contributed by atoms with Gasteiger partial charge in [0.2, 0.25) is 0 Å². The lowest BCUT2D eigenvalue weighted by atomic mass is 10.1. The van der Waals surface area contributed by atoms with Crippen molar-refractivity contribution < 1.29 is 37.9 Å². The first kappa shape index (κ1) is 53.8. The molecule has 8 nitrogen and oxygen atoms in total. The van der Waals surface area contributed by atoms with Crippen molar-refractivity contribution in [2.45, 2.75) is 213 Å². The maximum absolute atomic E-state index is 12.4. The van der Waals surface area contributed by atoms with Crippen LogP contribution in [0.3, 0.4) is 0 Å². The molecule has 0 radical (unpaired) electrons. The summed E-state index contributed by atoms with van der Waals surface area (Å²) in [5, 5.41) is 0. The Labute approximate surface area is 343 Å². The van der Waals surface area contributed by atoms with Crippen LogP contribution < -0.4 is 0 Å². The number of carbonyl (C=O) groups excluding carboxylic acids is 2. The number of ether oxygens (including phenoxy) is 2. The van der Waals surface area contributed by atoms with E-state index in [0.29, 0.717) is 6.42 Å². The number of hydrogen-bond acceptors (Lipinski definition) is 6. The van der Waals surface area contributed by atoms with Crippen LogP contribution in [0.2, 0.25) is 0 Å². The molecule has 0 aliphatic heterocycles. The van der Waals surface area contributed by atoms with Gasteiger partial charge in [-0.2, -0.15) is 0 Å². The Morgan fingerprint density at radius 3 is 1.30 bits per heavy atom. The van der Waals surface area contributed by atoms with Crippen LogP contribution in [0.25, 0.3) is 0 Å². The normalized spacial score (nSPS) is 13.0. The predicted octanol–water partition coefficient (Wildman–Crippen LogP) is 14.1. The summed E-state index contributed by atoms with van der Waals surface area (Å²) >= 11 is 0. The van der Waals surface area contributed by atoms with Gasteiger partial charge in [0.05, 0.1) is 6.61 Å². The van der Waals surface area contributed by atoms with E-state index in [2.05, 4.69) is 79.1 Å². The highest BCUT2D eigenvalue weighted by Crippen LogP contribution is 2.36. The highest BCUT2D eigenvalue weighted by molar-refractivity contribution is 7.46. The van der Waals surface area contributed by atoms with Crippen molar-refractivity contribution in [2.24, 2.45) is 0 Å². The highest BCUT2D eigenvalue weighted by Gasteiger charge is 2.22. The van der Waals surface area contributed by atoms with E-state index in [1.54, 1.807) is 0 Å². The maximum Gasteiger partial charge on any atom is 0.469 e. The van der Waals surface area contributed by atoms with Gasteiger partial charge in [0.1, 0.15) is 6.61 Å². The second-order valence-electron chi connectivity index (χ2n) is 15.0. The summed E-state index contributed by atoms with van der Waals surface area (Å²) in [7, 11) is -4.76. The molecule has 0 spiro atoms.